The molecule has 3 rings (SSSR count). The lowest BCUT2D eigenvalue weighted by molar-refractivity contribution is -0.120. The van der Waals surface area contributed by atoms with Crippen LogP contribution in [0.3, 0.4) is 0 Å². The van der Waals surface area contributed by atoms with Gasteiger partial charge in [0.15, 0.2) is 0 Å². The lowest BCUT2D eigenvalue weighted by Crippen LogP contribution is -2.32. The van der Waals surface area contributed by atoms with Crippen LogP contribution >= 0.6 is 11.6 Å². The van der Waals surface area contributed by atoms with Crippen LogP contribution in [0.25, 0.3) is 0 Å². The molecule has 0 aliphatic carbocycles. The molecule has 36 heavy (non-hydrogen) atoms. The summed E-state index contributed by atoms with van der Waals surface area (Å²) in [5.41, 5.74) is 3.47. The second-order valence-corrected chi connectivity index (χ2v) is 9.02. The van der Waals surface area contributed by atoms with Crippen LogP contribution in [0.4, 0.5) is 5.69 Å². The van der Waals surface area contributed by atoms with E-state index in [9.17, 15) is 24.9 Å². The van der Waals surface area contributed by atoms with Gasteiger partial charge in [-0.15, -0.1) is 0 Å². The van der Waals surface area contributed by atoms with E-state index in [2.05, 4.69) is 16.0 Å². The van der Waals surface area contributed by atoms with E-state index >= 15 is 0 Å². The molecule has 0 aliphatic heterocycles. The van der Waals surface area contributed by atoms with Gasteiger partial charge in [0.25, 0.3) is 0 Å². The van der Waals surface area contributed by atoms with E-state index in [4.69, 9.17) is 11.6 Å². The van der Waals surface area contributed by atoms with Crippen LogP contribution in [0, 0.1) is 0 Å². The smallest absolute Gasteiger partial charge is 0.224 e. The number of phenols is 2. The summed E-state index contributed by atoms with van der Waals surface area (Å²) in [7, 11) is 0. The molecule has 0 saturated heterocycles. The first-order valence-corrected chi connectivity index (χ1v) is 11.9. The van der Waals surface area contributed by atoms with Crippen LogP contribution in [-0.2, 0) is 29.0 Å². The zero-order chi connectivity index (χ0) is 26.1. The molecule has 3 aromatic rings. The highest BCUT2D eigenvalue weighted by molar-refractivity contribution is 6.31. The topological polar surface area (TPSA) is 131 Å². The summed E-state index contributed by atoms with van der Waals surface area (Å²) in [6.07, 6.45) is 0.563. The molecule has 0 saturated carbocycles. The first-order valence-electron chi connectivity index (χ1n) is 11.5. The number of anilines is 1. The van der Waals surface area contributed by atoms with Crippen LogP contribution in [0.1, 0.15) is 35.3 Å². The normalized spacial score (nSPS) is 12.5. The van der Waals surface area contributed by atoms with Gasteiger partial charge in [0, 0.05) is 24.2 Å². The van der Waals surface area contributed by atoms with Crippen LogP contribution in [-0.4, -0.2) is 40.2 Å². The van der Waals surface area contributed by atoms with Crippen molar-refractivity contribution in [3.8, 4) is 11.5 Å². The summed E-state index contributed by atoms with van der Waals surface area (Å²) in [5.74, 6) is -0.133. The largest absolute Gasteiger partial charge is 0.508 e. The number of hydrogen-bond acceptors (Lipinski definition) is 6. The van der Waals surface area contributed by atoms with Crippen molar-refractivity contribution >= 4 is 29.6 Å². The third-order valence-corrected chi connectivity index (χ3v) is 6.04. The van der Waals surface area contributed by atoms with E-state index in [-0.39, 0.29) is 48.6 Å². The fourth-order valence-electron chi connectivity index (χ4n) is 3.78. The van der Waals surface area contributed by atoms with Crippen molar-refractivity contribution in [3.05, 3.63) is 87.9 Å². The average Bonchev–Trinajstić information content (AvgIpc) is 2.83. The predicted molar refractivity (Wildman–Crippen MR) is 139 cm³/mol. The first kappa shape index (κ1) is 27.0. The molecule has 0 radical (unpaired) electrons. The van der Waals surface area contributed by atoms with Gasteiger partial charge in [-0.3, -0.25) is 9.59 Å². The Hall–Kier alpha value is -3.59. The van der Waals surface area contributed by atoms with Gasteiger partial charge < -0.3 is 31.3 Å². The number of aliphatic hydroxyl groups excluding tert-OH is 1. The van der Waals surface area contributed by atoms with E-state index in [1.54, 1.807) is 12.1 Å². The number of phenolic OH excluding ortho intramolecular Hbond substituents is 2. The highest BCUT2D eigenvalue weighted by Crippen LogP contribution is 2.26. The summed E-state index contributed by atoms with van der Waals surface area (Å²) in [4.78, 5) is 23.1. The van der Waals surface area contributed by atoms with Crippen molar-refractivity contribution in [1.29, 1.82) is 0 Å². The van der Waals surface area contributed by atoms with Gasteiger partial charge in [-0.05, 0) is 59.9 Å². The number of aliphatic hydroxyl groups is 1. The summed E-state index contributed by atoms with van der Waals surface area (Å²) >= 11 is 6.09. The summed E-state index contributed by atoms with van der Waals surface area (Å²) in [5, 5.41) is 38.6. The Bertz CT molecular complexity index is 1200. The van der Waals surface area contributed by atoms with Crippen molar-refractivity contribution < 1.29 is 24.9 Å². The number of nitrogens with one attached hydrogen (secondary N) is 3. The van der Waals surface area contributed by atoms with E-state index in [0.717, 1.165) is 16.7 Å². The van der Waals surface area contributed by atoms with Crippen molar-refractivity contribution in [2.75, 3.05) is 11.9 Å². The fourth-order valence-corrected chi connectivity index (χ4v) is 4.03. The molecule has 0 bridgehead atoms. The van der Waals surface area contributed by atoms with Gasteiger partial charge in [-0.1, -0.05) is 48.0 Å². The van der Waals surface area contributed by atoms with E-state index < -0.39 is 6.10 Å². The minimum Gasteiger partial charge on any atom is -0.508 e. The number of carbonyl (C=O) groups excluding carboxylic acids is 2. The Kier molecular flexibility index (Phi) is 9.69. The molecule has 2 atom stereocenters. The summed E-state index contributed by atoms with van der Waals surface area (Å²) < 4.78 is 0. The molecule has 9 heteroatoms. The lowest BCUT2D eigenvalue weighted by Gasteiger charge is -2.18. The summed E-state index contributed by atoms with van der Waals surface area (Å²) in [6.45, 7) is 2.56. The number of hydrogen-bond donors (Lipinski definition) is 6. The number of benzene rings is 3. The highest BCUT2D eigenvalue weighted by atomic mass is 35.5. The van der Waals surface area contributed by atoms with Crippen LogP contribution in [0.5, 0.6) is 11.5 Å². The van der Waals surface area contributed by atoms with Gasteiger partial charge in [-0.2, -0.15) is 0 Å². The van der Waals surface area contributed by atoms with Gasteiger partial charge in [0.2, 0.25) is 12.3 Å². The maximum Gasteiger partial charge on any atom is 0.224 e. The van der Waals surface area contributed by atoms with Crippen molar-refractivity contribution in [3.63, 3.8) is 0 Å². The second kappa shape index (κ2) is 12.9. The Morgan fingerprint density at radius 3 is 2.58 bits per heavy atom. The number of halogens is 1. The van der Waals surface area contributed by atoms with E-state index in [1.807, 2.05) is 31.2 Å². The average molecular weight is 512 g/mol. The van der Waals surface area contributed by atoms with Crippen LogP contribution in [0.15, 0.2) is 60.7 Å². The van der Waals surface area contributed by atoms with Crippen molar-refractivity contribution in [2.45, 2.75) is 38.5 Å². The Labute approximate surface area is 214 Å². The molecule has 0 aromatic heterocycles. The number of aromatic hydroxyl groups is 2. The third kappa shape index (κ3) is 7.98. The van der Waals surface area contributed by atoms with Gasteiger partial charge in [-0.25, -0.2) is 0 Å². The number of rotatable bonds is 12. The highest BCUT2D eigenvalue weighted by Gasteiger charge is 2.13. The molecule has 0 unspecified atom stereocenters. The second-order valence-electron chi connectivity index (χ2n) is 8.62. The SMILES string of the molecule is C[C@H](Cc1cccc(CC(=O)NCc2ccc(O)cc2Cl)c1)NC[C@@H](O)c1ccc(O)c(NC=O)c1. The first-order chi connectivity index (χ1) is 17.2. The predicted octanol–water partition coefficient (Wildman–Crippen LogP) is 3.43. The molecule has 2 amide bonds. The molecular formula is C27H30ClN3O5. The van der Waals surface area contributed by atoms with Gasteiger partial charge >= 0.3 is 0 Å². The van der Waals surface area contributed by atoms with Crippen LogP contribution in [0.2, 0.25) is 5.02 Å². The third-order valence-electron chi connectivity index (χ3n) is 5.69. The monoisotopic (exact) mass is 511 g/mol. The van der Waals surface area contributed by atoms with Crippen molar-refractivity contribution in [1.82, 2.24) is 10.6 Å². The molecule has 0 heterocycles. The Morgan fingerprint density at radius 1 is 1.06 bits per heavy atom. The van der Waals surface area contributed by atoms with Gasteiger partial charge in [0.1, 0.15) is 11.5 Å². The maximum absolute atomic E-state index is 12.4. The van der Waals surface area contributed by atoms with Crippen LogP contribution < -0.4 is 16.0 Å². The summed E-state index contributed by atoms with van der Waals surface area (Å²) in [6, 6.07) is 17.0. The fraction of sp³-hybridized carbons (Fsp3) is 0.259. The Morgan fingerprint density at radius 2 is 1.83 bits per heavy atom. The molecule has 0 fully saturated rings. The molecule has 0 spiro atoms. The minimum atomic E-state index is -0.822. The van der Waals surface area contributed by atoms with E-state index in [0.29, 0.717) is 23.4 Å². The molecule has 190 valence electrons. The quantitative estimate of drug-likeness (QED) is 0.163. The standard InChI is InChI=1S/C27H30ClN3O5/c1-17(29-15-26(35)20-6-8-25(34)24(12-20)31-16-32)9-18-3-2-4-19(10-18)11-27(36)30-14-21-5-7-22(33)13-23(21)28/h2-8,10,12-13,16-17,26,29,33-35H,9,11,14-15H2,1H3,(H,30,36)(H,31,32)/t17-,26-/m1/s1. The Balaban J connectivity index is 1.49. The molecule has 0 aliphatic rings. The van der Waals surface area contributed by atoms with Crippen molar-refractivity contribution in [2.24, 2.45) is 0 Å². The van der Waals surface area contributed by atoms with Gasteiger partial charge in [0.05, 0.1) is 18.2 Å². The minimum absolute atomic E-state index is 0.0463. The maximum atomic E-state index is 12.4. The zero-order valence-electron chi connectivity index (χ0n) is 19.9. The number of amides is 2. The zero-order valence-corrected chi connectivity index (χ0v) is 20.6. The lowest BCUT2D eigenvalue weighted by atomic mass is 10.0. The number of carbonyl (C=O) groups is 2. The molecule has 6 N–H and O–H groups in total. The molecular weight excluding hydrogens is 482 g/mol. The van der Waals surface area contributed by atoms with E-state index in [1.165, 1.54) is 24.3 Å². The molecule has 3 aromatic carbocycles. The molecule has 8 nitrogen and oxygen atoms in total.